The largest absolute Gasteiger partial charge is 0.392 e. The van der Waals surface area contributed by atoms with Gasteiger partial charge in [0.05, 0.1) is 6.61 Å². The fraction of sp³-hybridized carbons (Fsp3) is 0.467. The van der Waals surface area contributed by atoms with Crippen LogP contribution >= 0.6 is 11.3 Å². The van der Waals surface area contributed by atoms with E-state index in [9.17, 15) is 5.11 Å². The molecule has 3 heterocycles. The molecule has 1 N–H and O–H groups in total. The first kappa shape index (κ1) is 14.3. The van der Waals surface area contributed by atoms with Crippen molar-refractivity contribution >= 4 is 22.3 Å². The number of aliphatic hydroxyl groups excluding tert-OH is 1. The van der Waals surface area contributed by atoms with Crippen LogP contribution in [0.5, 0.6) is 0 Å². The van der Waals surface area contributed by atoms with Crippen LogP contribution in [0.2, 0.25) is 0 Å². The number of rotatable bonds is 3. The van der Waals surface area contributed by atoms with Crippen molar-refractivity contribution in [3.63, 3.8) is 0 Å². The molecule has 2 aromatic rings. The molecule has 112 valence electrons. The average Bonchev–Trinajstić information content (AvgIpc) is 3.01. The Kier molecular flexibility index (Phi) is 4.07. The van der Waals surface area contributed by atoms with Gasteiger partial charge in [-0.3, -0.25) is 0 Å². The SMILES string of the molecule is Cc1cc(C)c(CO)c(N2CCN(c3nccs3)CC2)n1. The molecule has 1 saturated heterocycles. The fourth-order valence-electron chi connectivity index (χ4n) is 2.78. The molecule has 0 aliphatic carbocycles. The smallest absolute Gasteiger partial charge is 0.185 e. The molecule has 0 bridgehead atoms. The molecule has 6 heteroatoms. The zero-order chi connectivity index (χ0) is 14.8. The first-order chi connectivity index (χ1) is 10.2. The number of thiazole rings is 1. The van der Waals surface area contributed by atoms with Crippen LogP contribution in [-0.4, -0.2) is 41.3 Å². The third kappa shape index (κ3) is 2.87. The summed E-state index contributed by atoms with van der Waals surface area (Å²) in [5.74, 6) is 0.939. The van der Waals surface area contributed by atoms with E-state index in [0.717, 1.165) is 53.9 Å². The van der Waals surface area contributed by atoms with Crippen molar-refractivity contribution in [2.24, 2.45) is 0 Å². The topological polar surface area (TPSA) is 52.5 Å². The number of hydrogen-bond acceptors (Lipinski definition) is 6. The van der Waals surface area contributed by atoms with Gasteiger partial charge in [-0.25, -0.2) is 9.97 Å². The number of anilines is 2. The van der Waals surface area contributed by atoms with Crippen LogP contribution in [0.25, 0.3) is 0 Å². The molecule has 3 rings (SSSR count). The van der Waals surface area contributed by atoms with Crippen LogP contribution < -0.4 is 9.80 Å². The Labute approximate surface area is 128 Å². The third-order valence-corrected chi connectivity index (χ3v) is 4.71. The normalized spacial score (nSPS) is 15.6. The Morgan fingerprint density at radius 2 is 1.90 bits per heavy atom. The molecule has 0 aromatic carbocycles. The lowest BCUT2D eigenvalue weighted by Crippen LogP contribution is -2.47. The maximum Gasteiger partial charge on any atom is 0.185 e. The summed E-state index contributed by atoms with van der Waals surface area (Å²) in [6, 6.07) is 2.03. The molecule has 5 nitrogen and oxygen atoms in total. The Morgan fingerprint density at radius 1 is 1.19 bits per heavy atom. The van der Waals surface area contributed by atoms with E-state index in [0.29, 0.717) is 0 Å². The Balaban J connectivity index is 1.78. The lowest BCUT2D eigenvalue weighted by molar-refractivity contribution is 0.280. The number of pyridine rings is 1. The summed E-state index contributed by atoms with van der Waals surface area (Å²) >= 11 is 1.68. The number of piperazine rings is 1. The van der Waals surface area contributed by atoms with Gasteiger partial charge < -0.3 is 14.9 Å². The van der Waals surface area contributed by atoms with Crippen molar-refractivity contribution in [1.29, 1.82) is 0 Å². The van der Waals surface area contributed by atoms with Crippen molar-refractivity contribution in [3.8, 4) is 0 Å². The van der Waals surface area contributed by atoms with Crippen molar-refractivity contribution in [2.45, 2.75) is 20.5 Å². The van der Waals surface area contributed by atoms with E-state index in [4.69, 9.17) is 0 Å². The number of aliphatic hydroxyl groups is 1. The molecule has 1 aliphatic rings. The summed E-state index contributed by atoms with van der Waals surface area (Å²) in [6.45, 7) is 7.77. The summed E-state index contributed by atoms with van der Waals surface area (Å²) in [5, 5.41) is 12.7. The minimum absolute atomic E-state index is 0.0428. The minimum Gasteiger partial charge on any atom is -0.392 e. The Bertz CT molecular complexity index is 606. The first-order valence-corrected chi connectivity index (χ1v) is 8.04. The van der Waals surface area contributed by atoms with Crippen LogP contribution in [0.4, 0.5) is 10.9 Å². The fourth-order valence-corrected chi connectivity index (χ4v) is 3.48. The Morgan fingerprint density at radius 3 is 2.52 bits per heavy atom. The highest BCUT2D eigenvalue weighted by Crippen LogP contribution is 2.25. The maximum atomic E-state index is 9.64. The molecule has 2 aromatic heterocycles. The predicted molar refractivity (Wildman–Crippen MR) is 86.2 cm³/mol. The highest BCUT2D eigenvalue weighted by molar-refractivity contribution is 7.13. The predicted octanol–water partition coefficient (Wildman–Crippen LogP) is 1.97. The van der Waals surface area contributed by atoms with E-state index in [1.807, 2.05) is 31.5 Å². The van der Waals surface area contributed by atoms with Crippen LogP contribution in [0.15, 0.2) is 17.6 Å². The third-order valence-electron chi connectivity index (χ3n) is 3.88. The van der Waals surface area contributed by atoms with Crippen LogP contribution in [0.3, 0.4) is 0 Å². The lowest BCUT2D eigenvalue weighted by atomic mass is 10.1. The average molecular weight is 304 g/mol. The van der Waals surface area contributed by atoms with Gasteiger partial charge in [0, 0.05) is 49.0 Å². The molecule has 0 atom stereocenters. The molecule has 1 fully saturated rings. The first-order valence-electron chi connectivity index (χ1n) is 7.16. The molecular weight excluding hydrogens is 284 g/mol. The van der Waals surface area contributed by atoms with Crippen LogP contribution in [0, 0.1) is 13.8 Å². The van der Waals surface area contributed by atoms with E-state index in [1.165, 1.54) is 0 Å². The van der Waals surface area contributed by atoms with Gasteiger partial charge >= 0.3 is 0 Å². The van der Waals surface area contributed by atoms with E-state index < -0.39 is 0 Å². The molecule has 0 radical (unpaired) electrons. The zero-order valence-corrected chi connectivity index (χ0v) is 13.2. The standard InChI is InChI=1S/C15H20N4OS/c1-11-9-12(2)17-14(13(11)10-20)18-4-6-19(7-5-18)15-16-3-8-21-15/h3,8-9,20H,4-7,10H2,1-2H3. The van der Waals surface area contributed by atoms with Gasteiger partial charge in [-0.1, -0.05) is 0 Å². The number of aromatic nitrogens is 2. The highest BCUT2D eigenvalue weighted by atomic mass is 32.1. The zero-order valence-electron chi connectivity index (χ0n) is 12.4. The second-order valence-corrected chi connectivity index (χ2v) is 6.20. The maximum absolute atomic E-state index is 9.64. The molecular formula is C15H20N4OS. The van der Waals surface area contributed by atoms with E-state index in [1.54, 1.807) is 11.3 Å². The molecule has 0 saturated carbocycles. The second-order valence-electron chi connectivity index (χ2n) is 5.33. The van der Waals surface area contributed by atoms with Gasteiger partial charge in [0.15, 0.2) is 5.13 Å². The van der Waals surface area contributed by atoms with Gasteiger partial charge in [-0.05, 0) is 25.5 Å². The van der Waals surface area contributed by atoms with Crippen molar-refractivity contribution in [3.05, 3.63) is 34.5 Å². The van der Waals surface area contributed by atoms with Crippen molar-refractivity contribution in [1.82, 2.24) is 9.97 Å². The minimum atomic E-state index is 0.0428. The molecule has 0 unspecified atom stereocenters. The van der Waals surface area contributed by atoms with Gasteiger partial charge in [-0.15, -0.1) is 11.3 Å². The summed E-state index contributed by atoms with van der Waals surface area (Å²) in [7, 11) is 0. The summed E-state index contributed by atoms with van der Waals surface area (Å²) < 4.78 is 0. The van der Waals surface area contributed by atoms with Crippen LogP contribution in [0.1, 0.15) is 16.8 Å². The number of aryl methyl sites for hydroxylation is 2. The summed E-state index contributed by atoms with van der Waals surface area (Å²) in [6.07, 6.45) is 1.85. The second kappa shape index (κ2) is 5.99. The van der Waals surface area contributed by atoms with E-state index >= 15 is 0 Å². The molecule has 0 spiro atoms. The molecule has 21 heavy (non-hydrogen) atoms. The molecule has 0 amide bonds. The van der Waals surface area contributed by atoms with Crippen LogP contribution in [-0.2, 0) is 6.61 Å². The summed E-state index contributed by atoms with van der Waals surface area (Å²) in [5.41, 5.74) is 3.06. The number of hydrogen-bond donors (Lipinski definition) is 1. The van der Waals surface area contributed by atoms with Gasteiger partial charge in [0.1, 0.15) is 5.82 Å². The lowest BCUT2D eigenvalue weighted by Gasteiger charge is -2.36. The Hall–Kier alpha value is -1.66. The van der Waals surface area contributed by atoms with Crippen molar-refractivity contribution < 1.29 is 5.11 Å². The van der Waals surface area contributed by atoms with Crippen molar-refractivity contribution in [2.75, 3.05) is 36.0 Å². The number of nitrogens with zero attached hydrogens (tertiary/aromatic N) is 4. The van der Waals surface area contributed by atoms with Gasteiger partial charge in [-0.2, -0.15) is 0 Å². The highest BCUT2D eigenvalue weighted by Gasteiger charge is 2.22. The molecule has 1 aliphatic heterocycles. The van der Waals surface area contributed by atoms with Gasteiger partial charge in [0.2, 0.25) is 0 Å². The van der Waals surface area contributed by atoms with E-state index in [2.05, 4.69) is 19.8 Å². The quantitative estimate of drug-likeness (QED) is 0.939. The summed E-state index contributed by atoms with van der Waals surface area (Å²) in [4.78, 5) is 13.6. The van der Waals surface area contributed by atoms with E-state index in [-0.39, 0.29) is 6.61 Å². The monoisotopic (exact) mass is 304 g/mol. The van der Waals surface area contributed by atoms with Gasteiger partial charge in [0.25, 0.3) is 0 Å².